The molecule has 4 heteroatoms. The molecule has 15 heavy (non-hydrogen) atoms. The summed E-state index contributed by atoms with van der Waals surface area (Å²) in [7, 11) is 0. The van der Waals surface area contributed by atoms with Crippen LogP contribution in [0.2, 0.25) is 0 Å². The topological polar surface area (TPSA) is 52.7 Å². The zero-order chi connectivity index (χ0) is 11.6. The molecular weight excluding hydrogens is 190 g/mol. The maximum Gasteiger partial charge on any atom is 0.114 e. The second-order valence-electron chi connectivity index (χ2n) is 5.04. The lowest BCUT2D eigenvalue weighted by Crippen LogP contribution is -2.65. The van der Waals surface area contributed by atoms with Crippen molar-refractivity contribution < 1.29 is 5.11 Å². The predicted octanol–water partition coefficient (Wildman–Crippen LogP) is 0.272. The Labute approximate surface area is 93.0 Å². The minimum Gasteiger partial charge on any atom is -0.396 e. The fourth-order valence-electron chi connectivity index (χ4n) is 2.21. The van der Waals surface area contributed by atoms with Gasteiger partial charge in [-0.05, 0) is 27.7 Å². The van der Waals surface area contributed by atoms with Crippen LogP contribution in [0.4, 0.5) is 0 Å². The molecule has 1 aliphatic heterocycles. The highest BCUT2D eigenvalue weighted by Gasteiger charge is 2.33. The number of hydrogen-bond donors (Lipinski definition) is 2. The van der Waals surface area contributed by atoms with Crippen molar-refractivity contribution in [1.82, 2.24) is 9.80 Å². The molecule has 0 radical (unpaired) electrons. The molecule has 0 bridgehead atoms. The number of aliphatic hydroxyl groups is 1. The van der Waals surface area contributed by atoms with Gasteiger partial charge in [-0.2, -0.15) is 0 Å². The summed E-state index contributed by atoms with van der Waals surface area (Å²) < 4.78 is 0. The van der Waals surface area contributed by atoms with Crippen LogP contribution in [0, 0.1) is 5.92 Å². The standard InChI is InChI=1S/C11H25N3O/c1-8(2)13-5-10(7-15)6-14(9(3)4)11(13)12/h8-11,15H,5-7,12H2,1-4H3. The molecule has 0 aromatic heterocycles. The van der Waals surface area contributed by atoms with Crippen molar-refractivity contribution in [3.05, 3.63) is 0 Å². The lowest BCUT2D eigenvalue weighted by Gasteiger charge is -2.48. The van der Waals surface area contributed by atoms with Crippen LogP contribution >= 0.6 is 0 Å². The molecule has 0 aromatic carbocycles. The first-order valence-electron chi connectivity index (χ1n) is 5.85. The molecule has 90 valence electrons. The lowest BCUT2D eigenvalue weighted by molar-refractivity contribution is -0.0644. The van der Waals surface area contributed by atoms with Crippen LogP contribution in [0.25, 0.3) is 0 Å². The molecule has 0 amide bonds. The second kappa shape index (κ2) is 5.25. The first kappa shape index (κ1) is 12.9. The largest absolute Gasteiger partial charge is 0.396 e. The highest BCUT2D eigenvalue weighted by molar-refractivity contribution is 4.84. The summed E-state index contributed by atoms with van der Waals surface area (Å²) in [5.41, 5.74) is 6.21. The Morgan fingerprint density at radius 1 is 1.13 bits per heavy atom. The number of hydrogen-bond acceptors (Lipinski definition) is 4. The van der Waals surface area contributed by atoms with E-state index in [0.717, 1.165) is 13.1 Å². The van der Waals surface area contributed by atoms with Gasteiger partial charge in [0.05, 0.1) is 0 Å². The first-order chi connectivity index (χ1) is 6.97. The summed E-state index contributed by atoms with van der Waals surface area (Å²) in [6.45, 7) is 10.7. The van der Waals surface area contributed by atoms with Crippen LogP contribution in [0.5, 0.6) is 0 Å². The maximum absolute atomic E-state index is 9.28. The smallest absolute Gasteiger partial charge is 0.114 e. The Hall–Kier alpha value is -0.160. The van der Waals surface area contributed by atoms with Gasteiger partial charge in [0.1, 0.15) is 6.29 Å². The third-order valence-corrected chi connectivity index (χ3v) is 3.20. The fourth-order valence-corrected chi connectivity index (χ4v) is 2.21. The summed E-state index contributed by atoms with van der Waals surface area (Å²) in [5.74, 6) is 0.328. The first-order valence-corrected chi connectivity index (χ1v) is 5.85. The van der Waals surface area contributed by atoms with Crippen LogP contribution < -0.4 is 5.73 Å². The van der Waals surface area contributed by atoms with Gasteiger partial charge < -0.3 is 10.8 Å². The van der Waals surface area contributed by atoms with Crippen LogP contribution in [0.1, 0.15) is 27.7 Å². The summed E-state index contributed by atoms with van der Waals surface area (Å²) in [6.07, 6.45) is -0.00667. The van der Waals surface area contributed by atoms with Gasteiger partial charge in [-0.15, -0.1) is 0 Å². The molecule has 0 aromatic rings. The Morgan fingerprint density at radius 3 is 1.80 bits per heavy atom. The van der Waals surface area contributed by atoms with E-state index in [2.05, 4.69) is 37.5 Å². The molecule has 1 fully saturated rings. The highest BCUT2D eigenvalue weighted by atomic mass is 16.3. The van der Waals surface area contributed by atoms with Crippen molar-refractivity contribution >= 4 is 0 Å². The summed E-state index contributed by atoms with van der Waals surface area (Å²) >= 11 is 0. The molecule has 3 N–H and O–H groups in total. The average molecular weight is 215 g/mol. The Kier molecular flexibility index (Phi) is 4.52. The SMILES string of the molecule is CC(C)N1CC(CO)CN(C(C)C)C1N. The van der Waals surface area contributed by atoms with Crippen LogP contribution in [0.3, 0.4) is 0 Å². The maximum atomic E-state index is 9.28. The summed E-state index contributed by atoms with van der Waals surface area (Å²) in [5, 5.41) is 9.28. The Morgan fingerprint density at radius 2 is 1.53 bits per heavy atom. The van der Waals surface area contributed by atoms with Gasteiger partial charge in [-0.25, -0.2) is 0 Å². The number of nitrogens with two attached hydrogens (primary N) is 1. The average Bonchev–Trinajstić information content (AvgIpc) is 2.17. The van der Waals surface area contributed by atoms with Crippen LogP contribution in [-0.4, -0.2) is 53.0 Å². The number of aliphatic hydroxyl groups excluding tert-OH is 1. The predicted molar refractivity (Wildman–Crippen MR) is 62.2 cm³/mol. The van der Waals surface area contributed by atoms with E-state index in [1.165, 1.54) is 0 Å². The van der Waals surface area contributed by atoms with Crippen molar-refractivity contribution in [2.45, 2.75) is 46.1 Å². The molecule has 1 rings (SSSR count). The zero-order valence-electron chi connectivity index (χ0n) is 10.3. The minimum atomic E-state index is -0.00667. The molecule has 1 saturated heterocycles. The van der Waals surface area contributed by atoms with E-state index >= 15 is 0 Å². The monoisotopic (exact) mass is 215 g/mol. The molecule has 0 atom stereocenters. The van der Waals surface area contributed by atoms with Gasteiger partial charge in [-0.3, -0.25) is 9.80 Å². The number of nitrogens with zero attached hydrogens (tertiary/aromatic N) is 2. The zero-order valence-corrected chi connectivity index (χ0v) is 10.3. The normalized spacial score (nSPS) is 30.4. The lowest BCUT2D eigenvalue weighted by atomic mass is 10.0. The molecule has 0 aliphatic carbocycles. The van der Waals surface area contributed by atoms with E-state index in [1.54, 1.807) is 0 Å². The van der Waals surface area contributed by atoms with E-state index in [1.807, 2.05) is 0 Å². The van der Waals surface area contributed by atoms with Gasteiger partial charge in [-0.1, -0.05) is 0 Å². The third kappa shape index (κ3) is 2.91. The van der Waals surface area contributed by atoms with E-state index in [4.69, 9.17) is 5.73 Å². The van der Waals surface area contributed by atoms with E-state index in [-0.39, 0.29) is 12.9 Å². The molecule has 1 aliphatic rings. The van der Waals surface area contributed by atoms with E-state index < -0.39 is 0 Å². The van der Waals surface area contributed by atoms with Crippen LogP contribution in [0.15, 0.2) is 0 Å². The van der Waals surface area contributed by atoms with Crippen molar-refractivity contribution in [2.75, 3.05) is 19.7 Å². The molecule has 4 nitrogen and oxygen atoms in total. The van der Waals surface area contributed by atoms with E-state index in [0.29, 0.717) is 18.0 Å². The minimum absolute atomic E-state index is 0.00667. The fraction of sp³-hybridized carbons (Fsp3) is 1.00. The molecule has 0 saturated carbocycles. The third-order valence-electron chi connectivity index (χ3n) is 3.20. The van der Waals surface area contributed by atoms with Crippen molar-refractivity contribution in [1.29, 1.82) is 0 Å². The molecular formula is C11H25N3O. The van der Waals surface area contributed by atoms with Gasteiger partial charge in [0.2, 0.25) is 0 Å². The quantitative estimate of drug-likeness (QED) is 0.709. The Balaban J connectivity index is 2.73. The van der Waals surface area contributed by atoms with Gasteiger partial charge in [0.25, 0.3) is 0 Å². The summed E-state index contributed by atoms with van der Waals surface area (Å²) in [6, 6.07) is 0.853. The second-order valence-corrected chi connectivity index (χ2v) is 5.04. The van der Waals surface area contributed by atoms with E-state index in [9.17, 15) is 5.11 Å². The van der Waals surface area contributed by atoms with Crippen LogP contribution in [-0.2, 0) is 0 Å². The van der Waals surface area contributed by atoms with Crippen molar-refractivity contribution in [3.63, 3.8) is 0 Å². The summed E-state index contributed by atoms with van der Waals surface area (Å²) in [4.78, 5) is 4.51. The molecule has 0 spiro atoms. The van der Waals surface area contributed by atoms with Gasteiger partial charge in [0, 0.05) is 37.7 Å². The van der Waals surface area contributed by atoms with Crippen molar-refractivity contribution in [3.8, 4) is 0 Å². The van der Waals surface area contributed by atoms with Gasteiger partial charge >= 0.3 is 0 Å². The molecule has 0 unspecified atom stereocenters. The number of rotatable bonds is 3. The van der Waals surface area contributed by atoms with Crippen molar-refractivity contribution in [2.24, 2.45) is 11.7 Å². The Bertz CT molecular complexity index is 178. The highest BCUT2D eigenvalue weighted by Crippen LogP contribution is 2.19. The molecule has 1 heterocycles. The van der Waals surface area contributed by atoms with Gasteiger partial charge in [0.15, 0.2) is 0 Å².